The first-order valence-corrected chi connectivity index (χ1v) is 8.67. The van der Waals surface area contributed by atoms with Crippen molar-refractivity contribution in [2.45, 2.75) is 68.7 Å². The van der Waals surface area contributed by atoms with Gasteiger partial charge in [0, 0.05) is 6.54 Å². The molecule has 3 nitrogen and oxygen atoms in total. The lowest BCUT2D eigenvalue weighted by atomic mass is 9.73. The molecule has 0 amide bonds. The molecule has 0 N–H and O–H groups in total. The molecule has 0 radical (unpaired) electrons. The van der Waals surface area contributed by atoms with E-state index in [1.807, 2.05) is 20.8 Å². The summed E-state index contributed by atoms with van der Waals surface area (Å²) in [6, 6.07) is 0. The van der Waals surface area contributed by atoms with Gasteiger partial charge in [-0.2, -0.15) is 0 Å². The van der Waals surface area contributed by atoms with E-state index in [4.69, 9.17) is 4.74 Å². The number of carbonyl (C=O) groups is 1. The van der Waals surface area contributed by atoms with Gasteiger partial charge in [0.05, 0.1) is 5.41 Å². The van der Waals surface area contributed by atoms with Gasteiger partial charge in [-0.25, -0.2) is 0 Å². The standard InChI is InChI=1S/C16H33NO2.C2H6/c1-8-17(9-2)10-11-19-15(18)16(7,14(5)6)12-13(3)4;1-2/h13-14H,8-12H2,1-7H3;1-2H3. The molecule has 0 aromatic heterocycles. The second-order valence-electron chi connectivity index (χ2n) is 6.33. The van der Waals surface area contributed by atoms with Gasteiger partial charge in [0.1, 0.15) is 6.61 Å². The molecule has 0 aromatic carbocycles. The molecule has 0 aromatic rings. The Hall–Kier alpha value is -0.570. The van der Waals surface area contributed by atoms with Crippen LogP contribution in [0.5, 0.6) is 0 Å². The van der Waals surface area contributed by atoms with Gasteiger partial charge in [0.25, 0.3) is 0 Å². The highest BCUT2D eigenvalue weighted by atomic mass is 16.5. The van der Waals surface area contributed by atoms with Crippen LogP contribution < -0.4 is 0 Å². The normalized spacial score (nSPS) is 13.9. The first-order valence-electron chi connectivity index (χ1n) is 8.67. The van der Waals surface area contributed by atoms with Gasteiger partial charge >= 0.3 is 5.97 Å². The van der Waals surface area contributed by atoms with Gasteiger partial charge in [0.15, 0.2) is 0 Å². The second-order valence-corrected chi connectivity index (χ2v) is 6.33. The fourth-order valence-electron chi connectivity index (χ4n) is 2.37. The maximum atomic E-state index is 12.4. The topological polar surface area (TPSA) is 29.5 Å². The quantitative estimate of drug-likeness (QED) is 0.583. The molecule has 3 heteroatoms. The van der Waals surface area contributed by atoms with E-state index in [-0.39, 0.29) is 11.4 Å². The zero-order chi connectivity index (χ0) is 17.1. The van der Waals surface area contributed by atoms with Gasteiger partial charge in [-0.1, -0.05) is 55.4 Å². The number of nitrogens with zero attached hydrogens (tertiary/aromatic N) is 1. The van der Waals surface area contributed by atoms with Crippen molar-refractivity contribution >= 4 is 5.97 Å². The van der Waals surface area contributed by atoms with E-state index in [2.05, 4.69) is 46.4 Å². The van der Waals surface area contributed by atoms with E-state index in [1.165, 1.54) is 0 Å². The van der Waals surface area contributed by atoms with Crippen LogP contribution >= 0.6 is 0 Å². The number of carbonyl (C=O) groups excluding carboxylic acids is 1. The summed E-state index contributed by atoms with van der Waals surface area (Å²) >= 11 is 0. The highest BCUT2D eigenvalue weighted by molar-refractivity contribution is 5.76. The molecule has 128 valence electrons. The van der Waals surface area contributed by atoms with Crippen molar-refractivity contribution in [3.8, 4) is 0 Å². The zero-order valence-electron chi connectivity index (χ0n) is 16.0. The number of hydrogen-bond acceptors (Lipinski definition) is 3. The lowest BCUT2D eigenvalue weighted by Gasteiger charge is -2.33. The molecular weight excluding hydrogens is 262 g/mol. The summed E-state index contributed by atoms with van der Waals surface area (Å²) in [5.41, 5.74) is -0.364. The monoisotopic (exact) mass is 301 g/mol. The van der Waals surface area contributed by atoms with E-state index in [1.54, 1.807) is 0 Å². The predicted molar refractivity (Wildman–Crippen MR) is 92.5 cm³/mol. The van der Waals surface area contributed by atoms with Gasteiger partial charge < -0.3 is 9.64 Å². The van der Waals surface area contributed by atoms with Crippen LogP contribution in [0.15, 0.2) is 0 Å². The molecule has 0 aliphatic carbocycles. The molecule has 1 unspecified atom stereocenters. The third-order valence-corrected chi connectivity index (χ3v) is 4.11. The van der Waals surface area contributed by atoms with Crippen LogP contribution in [0.3, 0.4) is 0 Å². The van der Waals surface area contributed by atoms with Crippen molar-refractivity contribution in [3.63, 3.8) is 0 Å². The minimum absolute atomic E-state index is 0.0386. The minimum atomic E-state index is -0.364. The number of esters is 1. The summed E-state index contributed by atoms with van der Waals surface area (Å²) in [4.78, 5) is 14.6. The Bertz CT molecular complexity index is 260. The number of hydrogen-bond donors (Lipinski definition) is 0. The lowest BCUT2D eigenvalue weighted by molar-refractivity contribution is -0.159. The summed E-state index contributed by atoms with van der Waals surface area (Å²) in [7, 11) is 0. The molecule has 21 heavy (non-hydrogen) atoms. The summed E-state index contributed by atoms with van der Waals surface area (Å²) in [5, 5.41) is 0. The summed E-state index contributed by atoms with van der Waals surface area (Å²) in [5.74, 6) is 0.766. The third kappa shape index (κ3) is 8.45. The van der Waals surface area contributed by atoms with Crippen molar-refractivity contribution in [2.24, 2.45) is 17.3 Å². The van der Waals surface area contributed by atoms with Crippen LogP contribution in [0.2, 0.25) is 0 Å². The maximum absolute atomic E-state index is 12.4. The van der Waals surface area contributed by atoms with Gasteiger partial charge in [-0.3, -0.25) is 4.79 Å². The molecule has 0 fully saturated rings. The molecule has 0 saturated carbocycles. The molecule has 0 rings (SSSR count). The smallest absolute Gasteiger partial charge is 0.312 e. The first kappa shape index (κ1) is 22.7. The molecule has 1 atom stereocenters. The van der Waals surface area contributed by atoms with Crippen LogP contribution in [0.25, 0.3) is 0 Å². The highest BCUT2D eigenvalue weighted by Gasteiger charge is 2.38. The number of likely N-dealkylation sites (N-methyl/N-ethyl adjacent to an activating group) is 1. The van der Waals surface area contributed by atoms with Gasteiger partial charge in [0.2, 0.25) is 0 Å². The molecule has 0 bridgehead atoms. The fourth-order valence-corrected chi connectivity index (χ4v) is 2.37. The van der Waals surface area contributed by atoms with E-state index >= 15 is 0 Å². The fraction of sp³-hybridized carbons (Fsp3) is 0.944. The van der Waals surface area contributed by atoms with E-state index < -0.39 is 0 Å². The first-order chi connectivity index (χ1) is 9.77. The zero-order valence-corrected chi connectivity index (χ0v) is 16.0. The van der Waals surface area contributed by atoms with Crippen LogP contribution in [-0.4, -0.2) is 37.1 Å². The number of rotatable bonds is 9. The average Bonchev–Trinajstić information content (AvgIpc) is 2.44. The van der Waals surface area contributed by atoms with Gasteiger partial charge in [-0.05, 0) is 38.3 Å². The van der Waals surface area contributed by atoms with Crippen molar-refractivity contribution in [1.29, 1.82) is 0 Å². The molecule has 0 saturated heterocycles. The third-order valence-electron chi connectivity index (χ3n) is 4.11. The lowest BCUT2D eigenvalue weighted by Crippen LogP contribution is -2.38. The molecular formula is C18H39NO2. The highest BCUT2D eigenvalue weighted by Crippen LogP contribution is 2.35. The number of ether oxygens (including phenoxy) is 1. The largest absolute Gasteiger partial charge is 0.464 e. The SMILES string of the molecule is CC.CCN(CC)CCOC(=O)C(C)(CC(C)C)C(C)C. The van der Waals surface area contributed by atoms with Crippen LogP contribution in [0.4, 0.5) is 0 Å². The Kier molecular flexibility index (Phi) is 13.0. The maximum Gasteiger partial charge on any atom is 0.312 e. The molecule has 0 spiro atoms. The Labute approximate surface area is 133 Å². The van der Waals surface area contributed by atoms with Crippen molar-refractivity contribution < 1.29 is 9.53 Å². The Morgan fingerprint density at radius 1 is 1.10 bits per heavy atom. The molecule has 0 heterocycles. The Balaban J connectivity index is 0. The van der Waals surface area contributed by atoms with E-state index in [0.717, 1.165) is 26.1 Å². The molecule has 0 aliphatic rings. The van der Waals surface area contributed by atoms with Gasteiger partial charge in [-0.15, -0.1) is 0 Å². The van der Waals surface area contributed by atoms with Crippen LogP contribution in [0.1, 0.15) is 68.7 Å². The second kappa shape index (κ2) is 12.0. The molecule has 0 aliphatic heterocycles. The van der Waals surface area contributed by atoms with Crippen molar-refractivity contribution in [3.05, 3.63) is 0 Å². The summed E-state index contributed by atoms with van der Waals surface area (Å²) < 4.78 is 5.52. The van der Waals surface area contributed by atoms with Crippen molar-refractivity contribution in [1.82, 2.24) is 4.90 Å². The van der Waals surface area contributed by atoms with Crippen molar-refractivity contribution in [2.75, 3.05) is 26.2 Å². The average molecular weight is 302 g/mol. The Morgan fingerprint density at radius 2 is 1.57 bits per heavy atom. The summed E-state index contributed by atoms with van der Waals surface area (Å²) in [6.07, 6.45) is 0.884. The minimum Gasteiger partial charge on any atom is -0.464 e. The summed E-state index contributed by atoms with van der Waals surface area (Å²) in [6.45, 7) is 22.1. The van der Waals surface area contributed by atoms with Crippen LogP contribution in [-0.2, 0) is 9.53 Å². The van der Waals surface area contributed by atoms with Crippen LogP contribution in [0, 0.1) is 17.3 Å². The Morgan fingerprint density at radius 3 is 1.90 bits per heavy atom. The van der Waals surface area contributed by atoms with E-state index in [9.17, 15) is 4.79 Å². The predicted octanol–water partition coefficient (Wildman–Crippen LogP) is 4.61. The van der Waals surface area contributed by atoms with E-state index in [0.29, 0.717) is 18.4 Å².